The Bertz CT molecular complexity index is 2790. The molecule has 0 aromatic heterocycles. The highest BCUT2D eigenvalue weighted by Gasteiger charge is 2.37. The summed E-state index contributed by atoms with van der Waals surface area (Å²) in [5.41, 5.74) is 26.3. The molecule has 0 radical (unpaired) electrons. The van der Waals surface area contributed by atoms with Crippen LogP contribution in [0.25, 0.3) is 88.3 Å². The van der Waals surface area contributed by atoms with Gasteiger partial charge in [-0.2, -0.15) is 0 Å². The summed E-state index contributed by atoms with van der Waals surface area (Å²) in [5, 5.41) is 5.45. The van der Waals surface area contributed by atoms with E-state index >= 15 is 0 Å². The van der Waals surface area contributed by atoms with Gasteiger partial charge in [-0.05, 0) is 192 Å². The second-order valence-corrected chi connectivity index (χ2v) is 15.0. The average Bonchev–Trinajstić information content (AvgIpc) is 3.60. The Hall–Kier alpha value is -5.72. The minimum atomic E-state index is 0.377. The van der Waals surface area contributed by atoms with Gasteiger partial charge >= 0.3 is 0 Å². The Labute approximate surface area is 293 Å². The van der Waals surface area contributed by atoms with Crippen LogP contribution in [0.5, 0.6) is 0 Å². The van der Waals surface area contributed by atoms with Gasteiger partial charge in [-0.1, -0.05) is 97.1 Å². The van der Waals surface area contributed by atoms with E-state index in [1.807, 2.05) is 0 Å². The second-order valence-electron chi connectivity index (χ2n) is 15.0. The molecule has 3 aliphatic carbocycles. The minimum absolute atomic E-state index is 0.377. The molecule has 0 spiro atoms. The van der Waals surface area contributed by atoms with Gasteiger partial charge in [0.1, 0.15) is 0 Å². The molecule has 0 amide bonds. The van der Waals surface area contributed by atoms with Crippen LogP contribution >= 0.6 is 0 Å². The third kappa shape index (κ3) is 3.66. The molecule has 0 aliphatic heterocycles. The van der Waals surface area contributed by atoms with Crippen molar-refractivity contribution in [2.75, 3.05) is 0 Å². The van der Waals surface area contributed by atoms with Gasteiger partial charge < -0.3 is 0 Å². The first-order valence-electron chi connectivity index (χ1n) is 18.0. The van der Waals surface area contributed by atoms with Crippen molar-refractivity contribution in [1.82, 2.24) is 0 Å². The maximum Gasteiger partial charge on any atom is 0.0149 e. The van der Waals surface area contributed by atoms with E-state index in [0.29, 0.717) is 5.92 Å². The Balaban J connectivity index is 1.09. The van der Waals surface area contributed by atoms with Crippen molar-refractivity contribution >= 4 is 21.5 Å². The number of rotatable bonds is 2. The third-order valence-electron chi connectivity index (χ3n) is 12.2. The fourth-order valence-electron chi connectivity index (χ4n) is 10.1. The fourth-order valence-corrected chi connectivity index (χ4v) is 10.1. The van der Waals surface area contributed by atoms with E-state index in [0.717, 1.165) is 6.42 Å². The lowest BCUT2D eigenvalue weighted by molar-refractivity contribution is 0.821. The summed E-state index contributed by atoms with van der Waals surface area (Å²) in [6.07, 6.45) is 1.03. The first-order valence-corrected chi connectivity index (χ1v) is 18.0. The molecule has 0 heterocycles. The Morgan fingerprint density at radius 2 is 1.00 bits per heavy atom. The van der Waals surface area contributed by atoms with Crippen molar-refractivity contribution in [1.29, 1.82) is 0 Å². The van der Waals surface area contributed by atoms with Crippen molar-refractivity contribution < 1.29 is 0 Å². The van der Waals surface area contributed by atoms with Crippen LogP contribution in [0.2, 0.25) is 0 Å². The highest BCUT2D eigenvalue weighted by atomic mass is 14.4. The first kappa shape index (κ1) is 28.2. The van der Waals surface area contributed by atoms with E-state index in [9.17, 15) is 0 Å². The lowest BCUT2D eigenvalue weighted by Gasteiger charge is -2.27. The zero-order chi connectivity index (χ0) is 33.4. The van der Waals surface area contributed by atoms with Crippen molar-refractivity contribution in [3.8, 4) is 66.8 Å². The van der Waals surface area contributed by atoms with Crippen LogP contribution in [0.1, 0.15) is 44.9 Å². The van der Waals surface area contributed by atoms with E-state index < -0.39 is 0 Å². The molecule has 8 aromatic rings. The molecule has 1 atom stereocenters. The molecule has 0 heteroatoms. The number of hydrogen-bond donors (Lipinski definition) is 0. The van der Waals surface area contributed by atoms with Crippen LogP contribution in [0.3, 0.4) is 0 Å². The van der Waals surface area contributed by atoms with Crippen LogP contribution in [0, 0.1) is 27.7 Å². The SMILES string of the molecule is Cc1cccc(C)c1-c1ccc2c(c1)-c1cccc3c1C2Cc1c-3cc2c3c(cccc13)-c1cc3cc(-c4c(C)cccc4C)ccc3cc1-2. The van der Waals surface area contributed by atoms with Crippen molar-refractivity contribution in [2.24, 2.45) is 0 Å². The quantitative estimate of drug-likeness (QED) is 0.177. The number of benzene rings is 8. The van der Waals surface area contributed by atoms with Crippen LogP contribution in [0.4, 0.5) is 0 Å². The van der Waals surface area contributed by atoms with E-state index in [1.165, 1.54) is 127 Å². The van der Waals surface area contributed by atoms with Gasteiger partial charge in [0.25, 0.3) is 0 Å². The zero-order valence-corrected chi connectivity index (χ0v) is 28.9. The topological polar surface area (TPSA) is 0 Å². The predicted molar refractivity (Wildman–Crippen MR) is 212 cm³/mol. The smallest absolute Gasteiger partial charge is 0.0149 e. The molecule has 8 aromatic carbocycles. The number of aryl methyl sites for hydroxylation is 4. The summed E-state index contributed by atoms with van der Waals surface area (Å²) in [6, 6.07) is 49.1. The van der Waals surface area contributed by atoms with Crippen molar-refractivity contribution in [3.05, 3.63) is 166 Å². The lowest BCUT2D eigenvalue weighted by atomic mass is 9.75. The molecule has 0 saturated carbocycles. The van der Waals surface area contributed by atoms with Crippen LogP contribution in [-0.4, -0.2) is 0 Å². The van der Waals surface area contributed by atoms with Crippen LogP contribution < -0.4 is 0 Å². The number of fused-ring (bicyclic) bond motifs is 10. The lowest BCUT2D eigenvalue weighted by Crippen LogP contribution is -2.10. The Morgan fingerprint density at radius 1 is 0.420 bits per heavy atom. The molecule has 0 bridgehead atoms. The summed E-state index contributed by atoms with van der Waals surface area (Å²) in [5.74, 6) is 0.377. The summed E-state index contributed by atoms with van der Waals surface area (Å²) in [7, 11) is 0. The maximum absolute atomic E-state index is 2.54. The maximum atomic E-state index is 2.54. The van der Waals surface area contributed by atoms with Crippen molar-refractivity contribution in [3.63, 3.8) is 0 Å². The van der Waals surface area contributed by atoms with E-state index in [2.05, 4.69) is 155 Å². The predicted octanol–water partition coefficient (Wildman–Crippen LogP) is 13.5. The van der Waals surface area contributed by atoms with Gasteiger partial charge in [-0.3, -0.25) is 0 Å². The molecular formula is C50H36. The molecule has 3 aliphatic rings. The fraction of sp³-hybridized carbons (Fsp3) is 0.120. The Morgan fingerprint density at radius 3 is 1.74 bits per heavy atom. The molecule has 11 rings (SSSR count). The molecule has 0 nitrogen and oxygen atoms in total. The second kappa shape index (κ2) is 9.93. The third-order valence-corrected chi connectivity index (χ3v) is 12.2. The first-order chi connectivity index (χ1) is 24.4. The largest absolute Gasteiger partial charge is 0.0617 e. The van der Waals surface area contributed by atoms with E-state index in [4.69, 9.17) is 0 Å². The summed E-state index contributed by atoms with van der Waals surface area (Å²) >= 11 is 0. The highest BCUT2D eigenvalue weighted by molar-refractivity contribution is 6.20. The zero-order valence-electron chi connectivity index (χ0n) is 28.9. The van der Waals surface area contributed by atoms with Gasteiger partial charge in [0.15, 0.2) is 0 Å². The normalized spacial score (nSPS) is 14.5. The standard InChI is InChI=1S/C50H36/c1-27-9-5-10-28(2)47(27)32-18-17-31-22-42-41(24-34(31)21-32)37-14-8-16-39-43-25-45-35-20-19-33(48-29(3)11-6-12-30(48)4)23-40(35)36-13-7-15-38(49(36)45)44(43)26-46(42)50(37)39/h5-24,26,45H,25H2,1-4H3. The van der Waals surface area contributed by atoms with Gasteiger partial charge in [0, 0.05) is 5.92 Å². The highest BCUT2D eigenvalue weighted by Crippen LogP contribution is 2.58. The molecule has 0 fully saturated rings. The number of hydrogen-bond acceptors (Lipinski definition) is 0. The summed E-state index contributed by atoms with van der Waals surface area (Å²) < 4.78 is 0. The van der Waals surface area contributed by atoms with Crippen LogP contribution in [-0.2, 0) is 6.42 Å². The van der Waals surface area contributed by atoms with Crippen LogP contribution in [0.15, 0.2) is 127 Å². The molecule has 236 valence electrons. The molecular weight excluding hydrogens is 601 g/mol. The van der Waals surface area contributed by atoms with Crippen molar-refractivity contribution in [2.45, 2.75) is 40.0 Å². The minimum Gasteiger partial charge on any atom is -0.0617 e. The average molecular weight is 637 g/mol. The van der Waals surface area contributed by atoms with E-state index in [1.54, 1.807) is 0 Å². The monoisotopic (exact) mass is 636 g/mol. The summed E-state index contributed by atoms with van der Waals surface area (Å²) in [6.45, 7) is 8.92. The van der Waals surface area contributed by atoms with E-state index in [-0.39, 0.29) is 0 Å². The molecule has 0 saturated heterocycles. The summed E-state index contributed by atoms with van der Waals surface area (Å²) in [4.78, 5) is 0. The van der Waals surface area contributed by atoms with Gasteiger partial charge in [0.05, 0.1) is 0 Å². The Kier molecular flexibility index (Phi) is 5.59. The molecule has 0 N–H and O–H groups in total. The molecule has 50 heavy (non-hydrogen) atoms. The molecule has 1 unspecified atom stereocenters. The van der Waals surface area contributed by atoms with Gasteiger partial charge in [0.2, 0.25) is 0 Å². The van der Waals surface area contributed by atoms with Gasteiger partial charge in [-0.25, -0.2) is 0 Å². The van der Waals surface area contributed by atoms with Gasteiger partial charge in [-0.15, -0.1) is 0 Å².